The number of amides is 1. The third-order valence-electron chi connectivity index (χ3n) is 3.81. The molecule has 1 amide bonds. The molecule has 0 spiro atoms. The number of hydrogen-bond acceptors (Lipinski definition) is 4. The molecule has 1 aliphatic rings. The molecule has 0 radical (unpaired) electrons. The lowest BCUT2D eigenvalue weighted by Gasteiger charge is -2.24. The van der Waals surface area contributed by atoms with Gasteiger partial charge in [0.15, 0.2) is 0 Å². The minimum atomic E-state index is -3.69. The van der Waals surface area contributed by atoms with Crippen molar-refractivity contribution in [2.45, 2.75) is 24.2 Å². The van der Waals surface area contributed by atoms with Gasteiger partial charge < -0.3 is 5.32 Å². The lowest BCUT2D eigenvalue weighted by molar-refractivity contribution is -0.122. The van der Waals surface area contributed by atoms with E-state index in [1.54, 1.807) is 30.3 Å². The van der Waals surface area contributed by atoms with E-state index in [9.17, 15) is 13.2 Å². The van der Waals surface area contributed by atoms with Crippen LogP contribution in [0.3, 0.4) is 0 Å². The number of carbonyl (C=O) groups is 1. The highest BCUT2D eigenvalue weighted by atomic mass is 32.2. The lowest BCUT2D eigenvalue weighted by Crippen LogP contribution is -2.28. The number of rotatable bonds is 5. The number of benzene rings is 1. The molecule has 120 valence electrons. The lowest BCUT2D eigenvalue weighted by atomic mass is 9.85. The zero-order valence-corrected chi connectivity index (χ0v) is 13.2. The van der Waals surface area contributed by atoms with Gasteiger partial charge in [0.05, 0.1) is 4.90 Å². The number of nitrogens with one attached hydrogen (secondary N) is 2. The normalized spacial score (nSPS) is 14.8. The standard InChI is InChI=1S/C16H17N3O3S/c20-16(12-4-3-5-12)18-13-7-9-14(10-8-13)23(21,22)19-15-6-1-2-11-17-15/h1-2,6-12H,3-5H2,(H,17,19)(H,18,20). The first kappa shape index (κ1) is 15.5. The summed E-state index contributed by atoms with van der Waals surface area (Å²) in [7, 11) is -3.69. The number of aromatic nitrogens is 1. The second kappa shape index (κ2) is 6.37. The maximum absolute atomic E-state index is 12.3. The molecule has 0 bridgehead atoms. The molecule has 1 fully saturated rings. The maximum Gasteiger partial charge on any atom is 0.263 e. The fourth-order valence-electron chi connectivity index (χ4n) is 2.25. The van der Waals surface area contributed by atoms with Crippen molar-refractivity contribution in [2.24, 2.45) is 5.92 Å². The Balaban J connectivity index is 1.69. The highest BCUT2D eigenvalue weighted by molar-refractivity contribution is 7.92. The van der Waals surface area contributed by atoms with Crippen molar-refractivity contribution in [3.05, 3.63) is 48.7 Å². The molecule has 7 heteroatoms. The van der Waals surface area contributed by atoms with E-state index >= 15 is 0 Å². The smallest absolute Gasteiger partial charge is 0.263 e. The van der Waals surface area contributed by atoms with Crippen LogP contribution in [0.1, 0.15) is 19.3 Å². The largest absolute Gasteiger partial charge is 0.326 e. The van der Waals surface area contributed by atoms with Gasteiger partial charge in [0, 0.05) is 17.8 Å². The van der Waals surface area contributed by atoms with Gasteiger partial charge in [-0.25, -0.2) is 13.4 Å². The summed E-state index contributed by atoms with van der Waals surface area (Å²) >= 11 is 0. The van der Waals surface area contributed by atoms with E-state index < -0.39 is 10.0 Å². The summed E-state index contributed by atoms with van der Waals surface area (Å²) in [5.74, 6) is 0.345. The van der Waals surface area contributed by atoms with Crippen molar-refractivity contribution in [1.29, 1.82) is 0 Å². The van der Waals surface area contributed by atoms with Crippen molar-refractivity contribution in [3.8, 4) is 0 Å². The summed E-state index contributed by atoms with van der Waals surface area (Å²) in [6.07, 6.45) is 4.45. The topological polar surface area (TPSA) is 88.2 Å². The first-order chi connectivity index (χ1) is 11.0. The number of carbonyl (C=O) groups excluding carboxylic acids is 1. The van der Waals surface area contributed by atoms with Gasteiger partial charge in [0.2, 0.25) is 5.91 Å². The van der Waals surface area contributed by atoms with Gasteiger partial charge in [-0.05, 0) is 49.2 Å². The van der Waals surface area contributed by atoms with Crippen LogP contribution in [0.2, 0.25) is 0 Å². The van der Waals surface area contributed by atoms with Crippen molar-refractivity contribution in [3.63, 3.8) is 0 Å². The summed E-state index contributed by atoms with van der Waals surface area (Å²) in [4.78, 5) is 15.9. The molecule has 2 N–H and O–H groups in total. The van der Waals surface area contributed by atoms with Crippen LogP contribution in [0.4, 0.5) is 11.5 Å². The van der Waals surface area contributed by atoms with Crippen LogP contribution in [-0.4, -0.2) is 19.3 Å². The number of hydrogen-bond donors (Lipinski definition) is 2. The van der Waals surface area contributed by atoms with E-state index in [1.165, 1.54) is 18.3 Å². The minimum absolute atomic E-state index is 0.00142. The molecule has 1 saturated carbocycles. The Morgan fingerprint density at radius 2 is 1.83 bits per heavy atom. The van der Waals surface area contributed by atoms with Gasteiger partial charge in [-0.15, -0.1) is 0 Å². The Kier molecular flexibility index (Phi) is 4.29. The Morgan fingerprint density at radius 3 is 2.39 bits per heavy atom. The number of pyridine rings is 1. The minimum Gasteiger partial charge on any atom is -0.326 e. The summed E-state index contributed by atoms with van der Waals surface area (Å²) in [6, 6.07) is 11.1. The van der Waals surface area contributed by atoms with Crippen LogP contribution in [0, 0.1) is 5.92 Å². The highest BCUT2D eigenvalue weighted by Crippen LogP contribution is 2.27. The van der Waals surface area contributed by atoms with Crippen LogP contribution in [-0.2, 0) is 14.8 Å². The molecule has 1 aromatic carbocycles. The zero-order valence-electron chi connectivity index (χ0n) is 12.4. The number of nitrogens with zero attached hydrogens (tertiary/aromatic N) is 1. The van der Waals surface area contributed by atoms with Gasteiger partial charge in [-0.2, -0.15) is 0 Å². The van der Waals surface area contributed by atoms with Gasteiger partial charge in [-0.3, -0.25) is 9.52 Å². The van der Waals surface area contributed by atoms with Crippen LogP contribution in [0.25, 0.3) is 0 Å². The van der Waals surface area contributed by atoms with Crippen LogP contribution >= 0.6 is 0 Å². The first-order valence-corrected chi connectivity index (χ1v) is 8.88. The molecule has 0 saturated heterocycles. The number of anilines is 2. The zero-order chi connectivity index (χ0) is 16.3. The monoisotopic (exact) mass is 331 g/mol. The van der Waals surface area contributed by atoms with Gasteiger partial charge in [0.1, 0.15) is 5.82 Å². The molecule has 1 aliphatic carbocycles. The number of sulfonamides is 1. The molecule has 23 heavy (non-hydrogen) atoms. The SMILES string of the molecule is O=C(Nc1ccc(S(=O)(=O)Nc2ccccn2)cc1)C1CCC1. The van der Waals surface area contributed by atoms with Crippen molar-refractivity contribution >= 4 is 27.4 Å². The van der Waals surface area contributed by atoms with Gasteiger partial charge >= 0.3 is 0 Å². The average molecular weight is 331 g/mol. The second-order valence-electron chi connectivity index (χ2n) is 5.46. The van der Waals surface area contributed by atoms with Crippen LogP contribution in [0.15, 0.2) is 53.6 Å². The van der Waals surface area contributed by atoms with E-state index in [0.29, 0.717) is 5.69 Å². The summed E-state index contributed by atoms with van der Waals surface area (Å²) in [6.45, 7) is 0. The molecule has 2 aromatic rings. The Hall–Kier alpha value is -2.41. The summed E-state index contributed by atoms with van der Waals surface area (Å²) in [5, 5.41) is 2.81. The van der Waals surface area contributed by atoms with E-state index in [-0.39, 0.29) is 22.5 Å². The molecule has 3 rings (SSSR count). The maximum atomic E-state index is 12.3. The van der Waals surface area contributed by atoms with E-state index in [4.69, 9.17) is 0 Å². The fraction of sp³-hybridized carbons (Fsp3) is 0.250. The van der Waals surface area contributed by atoms with E-state index in [2.05, 4.69) is 15.0 Å². The van der Waals surface area contributed by atoms with Crippen LogP contribution in [0.5, 0.6) is 0 Å². The third kappa shape index (κ3) is 3.68. The van der Waals surface area contributed by atoms with Crippen molar-refractivity contribution in [2.75, 3.05) is 10.0 Å². The fourth-order valence-corrected chi connectivity index (χ4v) is 3.26. The predicted molar refractivity (Wildman–Crippen MR) is 87.5 cm³/mol. The Labute approximate surface area is 135 Å². The molecule has 0 aliphatic heterocycles. The van der Waals surface area contributed by atoms with Gasteiger partial charge in [0.25, 0.3) is 10.0 Å². The molecule has 0 atom stereocenters. The summed E-state index contributed by atoms with van der Waals surface area (Å²) in [5.41, 5.74) is 0.596. The summed E-state index contributed by atoms with van der Waals surface area (Å²) < 4.78 is 26.9. The predicted octanol–water partition coefficient (Wildman–Crippen LogP) is 2.62. The first-order valence-electron chi connectivity index (χ1n) is 7.39. The van der Waals surface area contributed by atoms with Crippen LogP contribution < -0.4 is 10.0 Å². The van der Waals surface area contributed by atoms with Gasteiger partial charge in [-0.1, -0.05) is 12.5 Å². The molecule has 0 unspecified atom stereocenters. The highest BCUT2D eigenvalue weighted by Gasteiger charge is 2.25. The van der Waals surface area contributed by atoms with Crippen molar-refractivity contribution < 1.29 is 13.2 Å². The molecular formula is C16H17N3O3S. The molecule has 6 nitrogen and oxygen atoms in total. The van der Waals surface area contributed by atoms with E-state index in [0.717, 1.165) is 19.3 Å². The molecular weight excluding hydrogens is 314 g/mol. The van der Waals surface area contributed by atoms with E-state index in [1.807, 2.05) is 0 Å². The van der Waals surface area contributed by atoms with Crippen molar-refractivity contribution in [1.82, 2.24) is 4.98 Å². The quantitative estimate of drug-likeness (QED) is 0.881. The Morgan fingerprint density at radius 1 is 1.09 bits per heavy atom. The average Bonchev–Trinajstić information content (AvgIpc) is 2.46. The third-order valence-corrected chi connectivity index (χ3v) is 5.18. The molecule has 1 aromatic heterocycles. The molecule has 1 heterocycles. The Bertz CT molecular complexity index is 785. The second-order valence-corrected chi connectivity index (χ2v) is 7.14.